The topological polar surface area (TPSA) is 81.1 Å². The Hall–Kier alpha value is -3.26. The fraction of sp³-hybridized carbons (Fsp3) is 0.346. The number of allylic oxidation sites excluding steroid dienone is 1. The molecule has 1 aliphatic heterocycles. The lowest BCUT2D eigenvalue weighted by Crippen LogP contribution is -2.31. The Morgan fingerprint density at radius 2 is 2.00 bits per heavy atom. The molecule has 3 aromatic rings. The van der Waals surface area contributed by atoms with Gasteiger partial charge in [0, 0.05) is 17.1 Å². The van der Waals surface area contributed by atoms with Gasteiger partial charge in [0.1, 0.15) is 11.8 Å². The largest absolute Gasteiger partial charge is 0.491 e. The summed E-state index contributed by atoms with van der Waals surface area (Å²) in [5.41, 5.74) is 2.99. The number of rotatable bonds is 9. The maximum absolute atomic E-state index is 13.5. The lowest BCUT2D eigenvalue weighted by atomic mass is 9.95. The van der Waals surface area contributed by atoms with E-state index in [1.54, 1.807) is 11.8 Å². The SMILES string of the molecule is CCCCSc1nc2n(n1)C(c1cccc(OC(C)C)c1)C(C(=O)Nc1ccccc1)=C(C)N2. The highest BCUT2D eigenvalue weighted by molar-refractivity contribution is 7.99. The van der Waals surface area contributed by atoms with Crippen molar-refractivity contribution in [1.82, 2.24) is 14.8 Å². The standard InChI is InChI=1S/C26H31N5O2S/c1-5-6-15-34-26-29-25-27-18(4)22(24(32)28-20-12-8-7-9-13-20)23(31(25)30-26)19-11-10-14-21(16-19)33-17(2)3/h7-14,16-17,23H,5-6,15H2,1-4H3,(H,28,32)(H,27,29,30). The Morgan fingerprint density at radius 1 is 1.21 bits per heavy atom. The zero-order valence-corrected chi connectivity index (χ0v) is 20.9. The van der Waals surface area contributed by atoms with Gasteiger partial charge in [-0.1, -0.05) is 55.4 Å². The molecule has 1 atom stereocenters. The highest BCUT2D eigenvalue weighted by Gasteiger charge is 2.34. The lowest BCUT2D eigenvalue weighted by Gasteiger charge is -2.29. The van der Waals surface area contributed by atoms with Crippen LogP contribution in [0.4, 0.5) is 11.6 Å². The molecule has 178 valence electrons. The molecule has 0 spiro atoms. The number of nitrogens with one attached hydrogen (secondary N) is 2. The van der Waals surface area contributed by atoms with Crippen LogP contribution in [-0.2, 0) is 4.79 Å². The third kappa shape index (κ3) is 5.44. The van der Waals surface area contributed by atoms with Crippen LogP contribution in [0.3, 0.4) is 0 Å². The highest BCUT2D eigenvalue weighted by Crippen LogP contribution is 2.37. The van der Waals surface area contributed by atoms with E-state index in [1.165, 1.54) is 0 Å². The van der Waals surface area contributed by atoms with Gasteiger partial charge in [0.2, 0.25) is 11.1 Å². The molecular formula is C26H31N5O2S. The van der Waals surface area contributed by atoms with Crippen molar-refractivity contribution in [3.8, 4) is 5.75 Å². The molecule has 4 rings (SSSR count). The zero-order chi connectivity index (χ0) is 24.1. The zero-order valence-electron chi connectivity index (χ0n) is 20.0. The van der Waals surface area contributed by atoms with Gasteiger partial charge < -0.3 is 15.4 Å². The van der Waals surface area contributed by atoms with E-state index in [1.807, 2.05) is 80.1 Å². The predicted octanol–water partition coefficient (Wildman–Crippen LogP) is 5.89. The first-order chi connectivity index (χ1) is 16.5. The number of carbonyl (C=O) groups is 1. The Kier molecular flexibility index (Phi) is 7.57. The third-order valence-electron chi connectivity index (χ3n) is 5.38. The monoisotopic (exact) mass is 477 g/mol. The molecule has 0 bridgehead atoms. The van der Waals surface area contributed by atoms with Crippen molar-refractivity contribution in [2.75, 3.05) is 16.4 Å². The van der Waals surface area contributed by atoms with Gasteiger partial charge in [-0.25, -0.2) is 4.68 Å². The summed E-state index contributed by atoms with van der Waals surface area (Å²) in [4.78, 5) is 18.2. The molecule has 34 heavy (non-hydrogen) atoms. The average Bonchev–Trinajstić information content (AvgIpc) is 3.20. The molecule has 1 unspecified atom stereocenters. The number of hydrogen-bond acceptors (Lipinski definition) is 6. The summed E-state index contributed by atoms with van der Waals surface area (Å²) in [6.07, 6.45) is 2.26. The average molecular weight is 478 g/mol. The Labute approximate surface area is 205 Å². The number of fused-ring (bicyclic) bond motifs is 1. The number of para-hydroxylation sites is 1. The first-order valence-electron chi connectivity index (χ1n) is 11.7. The van der Waals surface area contributed by atoms with Crippen molar-refractivity contribution >= 4 is 29.3 Å². The van der Waals surface area contributed by atoms with Gasteiger partial charge in [-0.3, -0.25) is 4.79 Å². The molecule has 0 saturated carbocycles. The number of anilines is 2. The molecule has 1 amide bonds. The Balaban J connectivity index is 1.74. The van der Waals surface area contributed by atoms with Crippen LogP contribution in [0, 0.1) is 0 Å². The second kappa shape index (κ2) is 10.8. The van der Waals surface area contributed by atoms with Crippen LogP contribution in [-0.4, -0.2) is 32.5 Å². The van der Waals surface area contributed by atoms with Crippen LogP contribution in [0.25, 0.3) is 0 Å². The number of carbonyl (C=O) groups excluding carboxylic acids is 1. The van der Waals surface area contributed by atoms with Gasteiger partial charge >= 0.3 is 0 Å². The van der Waals surface area contributed by atoms with Crippen molar-refractivity contribution in [2.24, 2.45) is 0 Å². The molecule has 0 fully saturated rings. The summed E-state index contributed by atoms with van der Waals surface area (Å²) in [5.74, 6) is 2.16. The molecule has 0 aliphatic carbocycles. The van der Waals surface area contributed by atoms with E-state index in [0.717, 1.165) is 41.3 Å². The number of nitrogens with zero attached hydrogens (tertiary/aromatic N) is 3. The number of ether oxygens (including phenoxy) is 1. The first-order valence-corrected chi connectivity index (χ1v) is 12.6. The van der Waals surface area contributed by atoms with Gasteiger partial charge in [-0.05, 0) is 57.0 Å². The third-order valence-corrected chi connectivity index (χ3v) is 6.31. The van der Waals surface area contributed by atoms with Crippen molar-refractivity contribution in [1.29, 1.82) is 0 Å². The minimum absolute atomic E-state index is 0.0462. The van der Waals surface area contributed by atoms with Crippen LogP contribution in [0.5, 0.6) is 5.75 Å². The lowest BCUT2D eigenvalue weighted by molar-refractivity contribution is -0.113. The molecule has 2 N–H and O–H groups in total. The number of thioether (sulfide) groups is 1. The van der Waals surface area contributed by atoms with E-state index < -0.39 is 6.04 Å². The van der Waals surface area contributed by atoms with E-state index in [-0.39, 0.29) is 12.0 Å². The summed E-state index contributed by atoms with van der Waals surface area (Å²) in [7, 11) is 0. The van der Waals surface area contributed by atoms with Crippen molar-refractivity contribution in [3.05, 3.63) is 71.4 Å². The second-order valence-corrected chi connectivity index (χ2v) is 9.55. The summed E-state index contributed by atoms with van der Waals surface area (Å²) >= 11 is 1.63. The van der Waals surface area contributed by atoms with Gasteiger partial charge in [-0.15, -0.1) is 5.10 Å². The fourth-order valence-electron chi connectivity index (χ4n) is 3.85. The molecule has 0 radical (unpaired) electrons. The number of amides is 1. The van der Waals surface area contributed by atoms with Gasteiger partial charge in [0.25, 0.3) is 5.91 Å². The van der Waals surface area contributed by atoms with Gasteiger partial charge in [0.15, 0.2) is 0 Å². The van der Waals surface area contributed by atoms with E-state index in [4.69, 9.17) is 14.8 Å². The van der Waals surface area contributed by atoms with E-state index in [2.05, 4.69) is 17.6 Å². The predicted molar refractivity (Wildman–Crippen MR) is 137 cm³/mol. The highest BCUT2D eigenvalue weighted by atomic mass is 32.2. The molecule has 2 heterocycles. The van der Waals surface area contributed by atoms with Crippen LogP contribution in [0.2, 0.25) is 0 Å². The summed E-state index contributed by atoms with van der Waals surface area (Å²) in [5, 5.41) is 11.8. The Bertz CT molecular complexity index is 1170. The number of hydrogen-bond donors (Lipinski definition) is 2. The molecule has 0 saturated heterocycles. The van der Waals surface area contributed by atoms with Crippen molar-refractivity contribution in [3.63, 3.8) is 0 Å². The van der Waals surface area contributed by atoms with E-state index in [0.29, 0.717) is 16.7 Å². The quantitative estimate of drug-likeness (QED) is 0.296. The second-order valence-electron chi connectivity index (χ2n) is 8.49. The minimum atomic E-state index is -0.441. The van der Waals surface area contributed by atoms with Crippen LogP contribution >= 0.6 is 11.8 Å². The number of benzene rings is 2. The maximum Gasteiger partial charge on any atom is 0.255 e. The van der Waals surface area contributed by atoms with Gasteiger partial charge in [-0.2, -0.15) is 4.98 Å². The molecule has 2 aromatic carbocycles. The first kappa shape index (κ1) is 23.9. The summed E-state index contributed by atoms with van der Waals surface area (Å²) < 4.78 is 7.76. The molecule has 8 heteroatoms. The smallest absolute Gasteiger partial charge is 0.255 e. The normalized spacial score (nSPS) is 15.1. The van der Waals surface area contributed by atoms with E-state index >= 15 is 0 Å². The molecule has 1 aromatic heterocycles. The van der Waals surface area contributed by atoms with Crippen LogP contribution in [0.15, 0.2) is 71.0 Å². The van der Waals surface area contributed by atoms with Crippen LogP contribution in [0.1, 0.15) is 52.1 Å². The maximum atomic E-state index is 13.5. The number of unbranched alkanes of at least 4 members (excludes halogenated alkanes) is 1. The number of aromatic nitrogens is 3. The Morgan fingerprint density at radius 3 is 2.74 bits per heavy atom. The van der Waals surface area contributed by atoms with Crippen LogP contribution < -0.4 is 15.4 Å². The van der Waals surface area contributed by atoms with Crippen molar-refractivity contribution < 1.29 is 9.53 Å². The minimum Gasteiger partial charge on any atom is -0.491 e. The molecule has 1 aliphatic rings. The summed E-state index contributed by atoms with van der Waals surface area (Å²) in [6, 6.07) is 16.9. The fourth-order valence-corrected chi connectivity index (χ4v) is 4.76. The van der Waals surface area contributed by atoms with Crippen molar-refractivity contribution in [2.45, 2.75) is 57.8 Å². The summed E-state index contributed by atoms with van der Waals surface area (Å²) in [6.45, 7) is 8.06. The van der Waals surface area contributed by atoms with Gasteiger partial charge in [0.05, 0.1) is 11.7 Å². The molecular weight excluding hydrogens is 446 g/mol. The van der Waals surface area contributed by atoms with E-state index in [9.17, 15) is 4.79 Å². The molecule has 7 nitrogen and oxygen atoms in total.